The summed E-state index contributed by atoms with van der Waals surface area (Å²) in [4.78, 5) is 22.8. The van der Waals surface area contributed by atoms with E-state index in [4.69, 9.17) is 0 Å². The van der Waals surface area contributed by atoms with Crippen LogP contribution in [0.2, 0.25) is 0 Å². The van der Waals surface area contributed by atoms with Gasteiger partial charge in [0.05, 0.1) is 5.69 Å². The van der Waals surface area contributed by atoms with Gasteiger partial charge < -0.3 is 5.32 Å². The van der Waals surface area contributed by atoms with Crippen molar-refractivity contribution in [1.29, 1.82) is 0 Å². The molecule has 102 valence electrons. The van der Waals surface area contributed by atoms with Crippen LogP contribution in [0.5, 0.6) is 0 Å². The molecule has 0 bridgehead atoms. The Labute approximate surface area is 117 Å². The number of rotatable bonds is 4. The lowest BCUT2D eigenvalue weighted by Gasteiger charge is -2.09. The Balaban J connectivity index is 1.94. The predicted octanol–water partition coefficient (Wildman–Crippen LogP) is 2.40. The standard InChI is InChI=1S/C15H15N3O2/c1-11(19)16-13-9-7-12(8-10-13)15(20)18-17-14-5-3-2-4-6-14/h2-10,17H,1H3,(H,16,19)(H,18,20). The number of benzene rings is 2. The lowest BCUT2D eigenvalue weighted by Crippen LogP contribution is -2.29. The summed E-state index contributed by atoms with van der Waals surface area (Å²) in [7, 11) is 0. The van der Waals surface area contributed by atoms with E-state index in [9.17, 15) is 9.59 Å². The molecular weight excluding hydrogens is 254 g/mol. The van der Waals surface area contributed by atoms with Crippen LogP contribution in [-0.2, 0) is 4.79 Å². The first-order chi connectivity index (χ1) is 9.65. The molecule has 0 unspecified atom stereocenters. The second-order valence-electron chi connectivity index (χ2n) is 4.20. The third kappa shape index (κ3) is 3.84. The third-order valence-electron chi connectivity index (χ3n) is 2.56. The van der Waals surface area contributed by atoms with Crippen LogP contribution in [0.25, 0.3) is 0 Å². The molecule has 0 spiro atoms. The molecule has 0 atom stereocenters. The highest BCUT2D eigenvalue weighted by molar-refractivity contribution is 5.96. The first-order valence-corrected chi connectivity index (χ1v) is 6.14. The van der Waals surface area contributed by atoms with Crippen molar-refractivity contribution < 1.29 is 9.59 Å². The zero-order chi connectivity index (χ0) is 14.4. The van der Waals surface area contributed by atoms with Gasteiger partial charge in [0.2, 0.25) is 5.91 Å². The second kappa shape index (κ2) is 6.38. The molecule has 5 heteroatoms. The van der Waals surface area contributed by atoms with Crippen LogP contribution in [-0.4, -0.2) is 11.8 Å². The van der Waals surface area contributed by atoms with E-state index in [1.54, 1.807) is 24.3 Å². The summed E-state index contributed by atoms with van der Waals surface area (Å²) in [6, 6.07) is 16.0. The molecule has 0 aliphatic rings. The maximum absolute atomic E-state index is 11.9. The van der Waals surface area contributed by atoms with E-state index in [0.717, 1.165) is 5.69 Å². The van der Waals surface area contributed by atoms with Gasteiger partial charge in [-0.25, -0.2) is 0 Å². The van der Waals surface area contributed by atoms with Gasteiger partial charge in [-0.1, -0.05) is 18.2 Å². The number of amides is 2. The van der Waals surface area contributed by atoms with Crippen LogP contribution < -0.4 is 16.2 Å². The normalized spacial score (nSPS) is 9.65. The fourth-order valence-corrected chi connectivity index (χ4v) is 1.63. The number of para-hydroxylation sites is 1. The Morgan fingerprint density at radius 2 is 1.50 bits per heavy atom. The van der Waals surface area contributed by atoms with Gasteiger partial charge in [-0.2, -0.15) is 0 Å². The highest BCUT2D eigenvalue weighted by Gasteiger charge is 2.05. The molecule has 0 heterocycles. The first-order valence-electron chi connectivity index (χ1n) is 6.14. The largest absolute Gasteiger partial charge is 0.326 e. The number of carbonyl (C=O) groups excluding carboxylic acids is 2. The lowest BCUT2D eigenvalue weighted by molar-refractivity contribution is -0.114. The van der Waals surface area contributed by atoms with Crippen LogP contribution in [0.3, 0.4) is 0 Å². The maximum atomic E-state index is 11.9. The molecule has 2 rings (SSSR count). The minimum absolute atomic E-state index is 0.145. The molecule has 20 heavy (non-hydrogen) atoms. The molecule has 0 fully saturated rings. The monoisotopic (exact) mass is 269 g/mol. The van der Waals surface area contributed by atoms with Gasteiger partial charge >= 0.3 is 0 Å². The molecule has 0 saturated carbocycles. The van der Waals surface area contributed by atoms with E-state index < -0.39 is 0 Å². The van der Waals surface area contributed by atoms with Crippen molar-refractivity contribution in [3.63, 3.8) is 0 Å². The van der Waals surface area contributed by atoms with Crippen LogP contribution in [0.4, 0.5) is 11.4 Å². The average molecular weight is 269 g/mol. The lowest BCUT2D eigenvalue weighted by atomic mass is 10.2. The van der Waals surface area contributed by atoms with E-state index in [2.05, 4.69) is 16.2 Å². The molecule has 2 amide bonds. The number of hydrogen-bond acceptors (Lipinski definition) is 3. The van der Waals surface area contributed by atoms with Crippen molar-refractivity contribution in [1.82, 2.24) is 5.43 Å². The Morgan fingerprint density at radius 1 is 0.850 bits per heavy atom. The summed E-state index contributed by atoms with van der Waals surface area (Å²) in [6.07, 6.45) is 0. The average Bonchev–Trinajstić information content (AvgIpc) is 2.46. The zero-order valence-electron chi connectivity index (χ0n) is 11.0. The van der Waals surface area contributed by atoms with Gasteiger partial charge in [0.1, 0.15) is 0 Å². The number of carbonyl (C=O) groups is 2. The summed E-state index contributed by atoms with van der Waals surface area (Å²) in [5.74, 6) is -0.392. The van der Waals surface area contributed by atoms with Crippen LogP contribution in [0.15, 0.2) is 54.6 Å². The van der Waals surface area contributed by atoms with Crippen molar-refractivity contribution in [2.45, 2.75) is 6.92 Å². The van der Waals surface area contributed by atoms with E-state index >= 15 is 0 Å². The summed E-state index contributed by atoms with van der Waals surface area (Å²) < 4.78 is 0. The van der Waals surface area contributed by atoms with Crippen molar-refractivity contribution >= 4 is 23.2 Å². The molecule has 3 N–H and O–H groups in total. The molecule has 2 aromatic rings. The minimum atomic E-state index is -0.247. The highest BCUT2D eigenvalue weighted by Crippen LogP contribution is 2.09. The smallest absolute Gasteiger partial charge is 0.269 e. The quantitative estimate of drug-likeness (QED) is 0.746. The van der Waals surface area contributed by atoms with Gasteiger partial charge in [-0.3, -0.25) is 20.4 Å². The fraction of sp³-hybridized carbons (Fsp3) is 0.0667. The SMILES string of the molecule is CC(=O)Nc1ccc(C(=O)NNc2ccccc2)cc1. The molecule has 0 aliphatic carbocycles. The summed E-state index contributed by atoms with van der Waals surface area (Å²) in [6.45, 7) is 1.43. The van der Waals surface area contributed by atoms with E-state index in [-0.39, 0.29) is 11.8 Å². The number of nitrogens with one attached hydrogen (secondary N) is 3. The molecule has 0 saturated heterocycles. The topological polar surface area (TPSA) is 70.2 Å². The number of anilines is 2. The molecule has 0 radical (unpaired) electrons. The summed E-state index contributed by atoms with van der Waals surface area (Å²) in [5, 5.41) is 2.64. The summed E-state index contributed by atoms with van der Waals surface area (Å²) >= 11 is 0. The van der Waals surface area contributed by atoms with Crippen molar-refractivity contribution in [3.8, 4) is 0 Å². The predicted molar refractivity (Wildman–Crippen MR) is 78.3 cm³/mol. The van der Waals surface area contributed by atoms with Crippen LogP contribution in [0.1, 0.15) is 17.3 Å². The van der Waals surface area contributed by atoms with Crippen molar-refractivity contribution in [2.75, 3.05) is 10.7 Å². The van der Waals surface area contributed by atoms with E-state index in [0.29, 0.717) is 11.3 Å². The second-order valence-corrected chi connectivity index (χ2v) is 4.20. The van der Waals surface area contributed by atoms with Crippen molar-refractivity contribution in [2.24, 2.45) is 0 Å². The Bertz CT molecular complexity index is 594. The maximum Gasteiger partial charge on any atom is 0.269 e. The van der Waals surface area contributed by atoms with Gasteiger partial charge in [0.25, 0.3) is 5.91 Å². The Hall–Kier alpha value is -2.82. The van der Waals surface area contributed by atoms with E-state index in [1.165, 1.54) is 6.92 Å². The number of hydrogen-bond donors (Lipinski definition) is 3. The summed E-state index contributed by atoms with van der Waals surface area (Å²) in [5.41, 5.74) is 7.38. The molecule has 0 aromatic heterocycles. The minimum Gasteiger partial charge on any atom is -0.326 e. The number of hydrazine groups is 1. The third-order valence-corrected chi connectivity index (χ3v) is 2.56. The van der Waals surface area contributed by atoms with E-state index in [1.807, 2.05) is 30.3 Å². The van der Waals surface area contributed by atoms with Gasteiger partial charge in [0, 0.05) is 18.2 Å². The first kappa shape index (κ1) is 13.6. The van der Waals surface area contributed by atoms with Crippen molar-refractivity contribution in [3.05, 3.63) is 60.2 Å². The van der Waals surface area contributed by atoms with Gasteiger partial charge in [-0.05, 0) is 36.4 Å². The zero-order valence-corrected chi connectivity index (χ0v) is 11.0. The molecular formula is C15H15N3O2. The highest BCUT2D eigenvalue weighted by atomic mass is 16.2. The molecule has 0 aliphatic heterocycles. The Morgan fingerprint density at radius 3 is 2.10 bits per heavy atom. The van der Waals surface area contributed by atoms with Crippen LogP contribution >= 0.6 is 0 Å². The Kier molecular flexibility index (Phi) is 4.34. The fourth-order valence-electron chi connectivity index (χ4n) is 1.63. The van der Waals surface area contributed by atoms with Gasteiger partial charge in [-0.15, -0.1) is 0 Å². The van der Waals surface area contributed by atoms with Gasteiger partial charge in [0.15, 0.2) is 0 Å². The van der Waals surface area contributed by atoms with Crippen LogP contribution in [0, 0.1) is 0 Å². The molecule has 2 aromatic carbocycles. The molecule has 5 nitrogen and oxygen atoms in total.